The maximum Gasteiger partial charge on any atom is 0.416 e. The summed E-state index contributed by atoms with van der Waals surface area (Å²) in [5.74, 6) is 0. The van der Waals surface area contributed by atoms with Gasteiger partial charge in [-0.15, -0.1) is 0 Å². The minimum absolute atomic E-state index is 0.335. The van der Waals surface area contributed by atoms with Crippen LogP contribution in [-0.2, 0) is 6.54 Å². The Hall–Kier alpha value is -1.75. The van der Waals surface area contributed by atoms with Crippen molar-refractivity contribution in [1.29, 1.82) is 0 Å². The quantitative estimate of drug-likeness (QED) is 0.788. The normalized spacial score (nSPS) is 13.5. The molecule has 5 heteroatoms. The first kappa shape index (κ1) is 16.3. The molecule has 0 aliphatic carbocycles. The van der Waals surface area contributed by atoms with E-state index in [1.54, 1.807) is 19.9 Å². The van der Waals surface area contributed by atoms with Gasteiger partial charge in [-0.05, 0) is 37.1 Å². The standard InChI is InChI=1S/C15H19F3N2/c1-3-5-13(15(16,17)18)8-11(2)20-14-7-4-6-12(9-14)10-19/h4-9,20H,3,10,19H2,1-2H3/b11-8-,13-5-. The van der Waals surface area contributed by atoms with Crippen molar-refractivity contribution in [1.82, 2.24) is 0 Å². The third-order valence-electron chi connectivity index (χ3n) is 2.63. The topological polar surface area (TPSA) is 38.0 Å². The molecule has 1 aromatic carbocycles. The van der Waals surface area contributed by atoms with Crippen molar-refractivity contribution in [2.24, 2.45) is 5.73 Å². The van der Waals surface area contributed by atoms with Crippen molar-refractivity contribution < 1.29 is 13.2 Å². The van der Waals surface area contributed by atoms with E-state index in [-0.39, 0.29) is 0 Å². The molecule has 0 aliphatic rings. The molecule has 0 radical (unpaired) electrons. The fraction of sp³-hybridized carbons (Fsp3) is 0.333. The van der Waals surface area contributed by atoms with Crippen LogP contribution >= 0.6 is 0 Å². The van der Waals surface area contributed by atoms with Gasteiger partial charge in [0.15, 0.2) is 0 Å². The third kappa shape index (κ3) is 5.09. The van der Waals surface area contributed by atoms with Crippen molar-refractivity contribution >= 4 is 5.69 Å². The molecule has 0 fully saturated rings. The number of halogens is 3. The smallest absolute Gasteiger partial charge is 0.359 e. The van der Waals surface area contributed by atoms with Gasteiger partial charge in [-0.2, -0.15) is 13.2 Å². The molecular weight excluding hydrogens is 265 g/mol. The zero-order valence-electron chi connectivity index (χ0n) is 11.6. The number of allylic oxidation sites excluding steroid dienone is 4. The van der Waals surface area contributed by atoms with Gasteiger partial charge < -0.3 is 11.1 Å². The average molecular weight is 284 g/mol. The van der Waals surface area contributed by atoms with Gasteiger partial charge in [-0.25, -0.2) is 0 Å². The lowest BCUT2D eigenvalue weighted by atomic mass is 10.1. The fourth-order valence-electron chi connectivity index (χ4n) is 1.75. The Labute approximate surface area is 117 Å². The van der Waals surface area contributed by atoms with E-state index in [1.165, 1.54) is 6.08 Å². The van der Waals surface area contributed by atoms with Crippen molar-refractivity contribution in [2.45, 2.75) is 33.0 Å². The molecule has 0 aliphatic heterocycles. The molecule has 2 nitrogen and oxygen atoms in total. The molecule has 0 atom stereocenters. The van der Waals surface area contributed by atoms with Gasteiger partial charge in [-0.1, -0.05) is 25.1 Å². The van der Waals surface area contributed by atoms with E-state index in [4.69, 9.17) is 5.73 Å². The number of anilines is 1. The summed E-state index contributed by atoms with van der Waals surface area (Å²) in [7, 11) is 0. The van der Waals surface area contributed by atoms with Crippen LogP contribution in [0.5, 0.6) is 0 Å². The SMILES string of the molecule is CC/C=C(/C=C(/C)Nc1cccc(CN)c1)C(F)(F)F. The highest BCUT2D eigenvalue weighted by atomic mass is 19.4. The Kier molecular flexibility index (Phi) is 5.82. The Bertz CT molecular complexity index is 502. The summed E-state index contributed by atoms with van der Waals surface area (Å²) >= 11 is 0. The van der Waals surface area contributed by atoms with Gasteiger partial charge in [0, 0.05) is 17.9 Å². The van der Waals surface area contributed by atoms with Crippen LogP contribution in [0.3, 0.4) is 0 Å². The lowest BCUT2D eigenvalue weighted by Crippen LogP contribution is -2.11. The molecule has 0 amide bonds. The molecular formula is C15H19F3N2. The summed E-state index contributed by atoms with van der Waals surface area (Å²) < 4.78 is 38.3. The number of benzene rings is 1. The van der Waals surface area contributed by atoms with Gasteiger partial charge in [0.1, 0.15) is 0 Å². The summed E-state index contributed by atoms with van der Waals surface area (Å²) in [6.45, 7) is 3.67. The molecule has 0 saturated carbocycles. The Morgan fingerprint density at radius 2 is 2.05 bits per heavy atom. The second-order valence-electron chi connectivity index (χ2n) is 4.42. The third-order valence-corrected chi connectivity index (χ3v) is 2.63. The van der Waals surface area contributed by atoms with E-state index in [9.17, 15) is 13.2 Å². The van der Waals surface area contributed by atoms with Crippen LogP contribution in [-0.4, -0.2) is 6.18 Å². The molecule has 0 bridgehead atoms. The highest BCUT2D eigenvalue weighted by Crippen LogP contribution is 2.28. The van der Waals surface area contributed by atoms with Gasteiger partial charge in [0.25, 0.3) is 0 Å². The molecule has 20 heavy (non-hydrogen) atoms. The van der Waals surface area contributed by atoms with Gasteiger partial charge >= 0.3 is 6.18 Å². The summed E-state index contributed by atoms with van der Waals surface area (Å²) in [5.41, 5.74) is 6.96. The van der Waals surface area contributed by atoms with E-state index in [0.717, 1.165) is 17.3 Å². The first-order chi connectivity index (χ1) is 9.36. The lowest BCUT2D eigenvalue weighted by Gasteiger charge is -2.11. The minimum atomic E-state index is -4.34. The number of nitrogens with one attached hydrogen (secondary N) is 1. The van der Waals surface area contributed by atoms with Crippen molar-refractivity contribution in [3.05, 3.63) is 53.3 Å². The van der Waals surface area contributed by atoms with E-state index in [2.05, 4.69) is 5.32 Å². The van der Waals surface area contributed by atoms with Crippen molar-refractivity contribution in [3.8, 4) is 0 Å². The van der Waals surface area contributed by atoms with Crippen molar-refractivity contribution in [3.63, 3.8) is 0 Å². The highest BCUT2D eigenvalue weighted by molar-refractivity contribution is 5.51. The summed E-state index contributed by atoms with van der Waals surface area (Å²) in [5, 5.41) is 2.94. The predicted molar refractivity (Wildman–Crippen MR) is 76.1 cm³/mol. The lowest BCUT2D eigenvalue weighted by molar-refractivity contribution is -0.0884. The zero-order chi connectivity index (χ0) is 15.2. The largest absolute Gasteiger partial charge is 0.416 e. The molecule has 0 saturated heterocycles. The summed E-state index contributed by atoms with van der Waals surface area (Å²) in [4.78, 5) is 0. The van der Waals surface area contributed by atoms with Crippen LogP contribution in [0.1, 0.15) is 25.8 Å². The molecule has 1 rings (SSSR count). The van der Waals surface area contributed by atoms with Crippen molar-refractivity contribution in [2.75, 3.05) is 5.32 Å². The first-order valence-electron chi connectivity index (χ1n) is 6.38. The van der Waals surface area contributed by atoms with Crippen LogP contribution in [0, 0.1) is 0 Å². The number of hydrogen-bond donors (Lipinski definition) is 2. The average Bonchev–Trinajstić information content (AvgIpc) is 2.37. The summed E-state index contributed by atoms with van der Waals surface area (Å²) in [6.07, 6.45) is -1.72. The Morgan fingerprint density at radius 3 is 2.60 bits per heavy atom. The number of alkyl halides is 3. The molecule has 0 spiro atoms. The fourth-order valence-corrected chi connectivity index (χ4v) is 1.75. The molecule has 3 N–H and O–H groups in total. The van der Waals surface area contributed by atoms with Crippen LogP contribution in [0.15, 0.2) is 47.7 Å². The molecule has 110 valence electrons. The Balaban J connectivity index is 2.90. The van der Waals surface area contributed by atoms with Crippen LogP contribution in [0.2, 0.25) is 0 Å². The van der Waals surface area contributed by atoms with Gasteiger partial charge in [-0.3, -0.25) is 0 Å². The van der Waals surface area contributed by atoms with E-state index in [0.29, 0.717) is 18.7 Å². The molecule has 0 aromatic heterocycles. The van der Waals surface area contributed by atoms with Gasteiger partial charge in [0.2, 0.25) is 0 Å². The molecule has 1 aromatic rings. The van der Waals surface area contributed by atoms with E-state index < -0.39 is 11.7 Å². The highest BCUT2D eigenvalue weighted by Gasteiger charge is 2.31. The number of hydrogen-bond acceptors (Lipinski definition) is 2. The monoisotopic (exact) mass is 284 g/mol. The van der Waals surface area contributed by atoms with Gasteiger partial charge in [0.05, 0.1) is 5.57 Å². The zero-order valence-corrected chi connectivity index (χ0v) is 11.6. The Morgan fingerprint density at radius 1 is 1.35 bits per heavy atom. The van der Waals surface area contributed by atoms with Crippen LogP contribution < -0.4 is 11.1 Å². The number of nitrogens with two attached hydrogens (primary N) is 1. The van der Waals surface area contributed by atoms with E-state index >= 15 is 0 Å². The number of rotatable bonds is 5. The van der Waals surface area contributed by atoms with E-state index in [1.807, 2.05) is 18.2 Å². The molecule has 0 heterocycles. The van der Waals surface area contributed by atoms with Crippen LogP contribution in [0.25, 0.3) is 0 Å². The molecule has 0 unspecified atom stereocenters. The minimum Gasteiger partial charge on any atom is -0.359 e. The van der Waals surface area contributed by atoms with Crippen LogP contribution in [0.4, 0.5) is 18.9 Å². The second-order valence-corrected chi connectivity index (χ2v) is 4.42. The predicted octanol–water partition coefficient (Wildman–Crippen LogP) is 4.36. The maximum absolute atomic E-state index is 12.8. The second kappa shape index (κ2) is 7.14. The summed E-state index contributed by atoms with van der Waals surface area (Å²) in [6, 6.07) is 7.27. The maximum atomic E-state index is 12.8. The first-order valence-corrected chi connectivity index (χ1v) is 6.38.